The number of hydrogen-bond donors (Lipinski definition) is 1. The van der Waals surface area contributed by atoms with Gasteiger partial charge in [-0.1, -0.05) is 19.1 Å². The van der Waals surface area contributed by atoms with E-state index in [4.69, 9.17) is 0 Å². The van der Waals surface area contributed by atoms with E-state index < -0.39 is 0 Å². The molecule has 0 saturated carbocycles. The molecule has 0 aliphatic heterocycles. The highest BCUT2D eigenvalue weighted by Crippen LogP contribution is 1.94. The summed E-state index contributed by atoms with van der Waals surface area (Å²) in [7, 11) is 1.35. The first-order valence-electron chi connectivity index (χ1n) is 3.53. The van der Waals surface area contributed by atoms with Gasteiger partial charge in [-0.05, 0) is 6.42 Å². The van der Waals surface area contributed by atoms with Crippen LogP contribution < -0.4 is 5.48 Å². The Labute approximate surface area is 59.2 Å². The molecule has 0 heterocycles. The van der Waals surface area contributed by atoms with Gasteiger partial charge in [0.2, 0.25) is 0 Å². The first-order chi connectivity index (χ1) is 4.27. The summed E-state index contributed by atoms with van der Waals surface area (Å²) in [6.45, 7) is 5.74. The molecule has 0 bridgehead atoms. The molecule has 0 aromatic heterocycles. The highest BCUT2D eigenvalue weighted by Gasteiger charge is 1.93. The van der Waals surface area contributed by atoms with Crippen molar-refractivity contribution in [2.24, 2.45) is 0 Å². The molecule has 2 nitrogen and oxygen atoms in total. The van der Waals surface area contributed by atoms with Crippen LogP contribution in [-0.4, -0.2) is 22.5 Å². The van der Waals surface area contributed by atoms with Crippen LogP contribution >= 0.6 is 0 Å². The van der Waals surface area contributed by atoms with Crippen LogP contribution in [0.4, 0.5) is 0 Å². The van der Waals surface area contributed by atoms with Gasteiger partial charge in [-0.3, -0.25) is 0 Å². The van der Waals surface area contributed by atoms with Crippen LogP contribution in [0.1, 0.15) is 6.42 Å². The second-order valence-corrected chi connectivity index (χ2v) is 6.00. The van der Waals surface area contributed by atoms with Gasteiger partial charge in [-0.15, -0.1) is 0 Å². The molecule has 0 rings (SSSR count). The lowest BCUT2D eigenvalue weighted by Gasteiger charge is -2.02. The van der Waals surface area contributed by atoms with E-state index in [1.54, 1.807) is 7.11 Å². The molecule has 0 aliphatic carbocycles. The summed E-state index contributed by atoms with van der Waals surface area (Å²) in [5, 5.41) is 0. The third-order valence-electron chi connectivity index (χ3n) is 1.20. The predicted octanol–water partition coefficient (Wildman–Crippen LogP) is 1.01. The Morgan fingerprint density at radius 2 is 2.11 bits per heavy atom. The topological polar surface area (TPSA) is 21.3 Å². The Morgan fingerprint density at radius 3 is 2.56 bits per heavy atom. The molecule has 0 atom stereocenters. The fourth-order valence-corrected chi connectivity index (χ4v) is 1.71. The minimum absolute atomic E-state index is 0.309. The van der Waals surface area contributed by atoms with Gasteiger partial charge < -0.3 is 4.84 Å². The number of hydrogen-bond acceptors (Lipinski definition) is 2. The molecule has 3 heteroatoms. The van der Waals surface area contributed by atoms with E-state index >= 15 is 0 Å². The van der Waals surface area contributed by atoms with E-state index in [1.165, 1.54) is 12.5 Å². The number of rotatable bonds is 5. The normalized spacial score (nSPS) is 10.7. The van der Waals surface area contributed by atoms with Crippen molar-refractivity contribution in [3.63, 3.8) is 0 Å². The summed E-state index contributed by atoms with van der Waals surface area (Å²) in [6.07, 6.45) is 1.26. The molecule has 0 radical (unpaired) electrons. The SMILES string of the molecule is CONCCC[SiH](C)C. The minimum Gasteiger partial charge on any atom is -0.305 e. The average molecular weight is 147 g/mol. The second-order valence-electron chi connectivity index (χ2n) is 2.63. The summed E-state index contributed by atoms with van der Waals surface area (Å²) >= 11 is 0. The zero-order valence-electron chi connectivity index (χ0n) is 6.61. The largest absolute Gasteiger partial charge is 0.305 e. The molecule has 1 N–H and O–H groups in total. The molecule has 0 saturated heterocycles. The van der Waals surface area contributed by atoms with Crippen molar-refractivity contribution in [2.45, 2.75) is 25.6 Å². The quantitative estimate of drug-likeness (QED) is 0.356. The zero-order chi connectivity index (χ0) is 7.11. The Balaban J connectivity index is 2.75. The predicted molar refractivity (Wildman–Crippen MR) is 43.3 cm³/mol. The van der Waals surface area contributed by atoms with Gasteiger partial charge in [0, 0.05) is 15.3 Å². The van der Waals surface area contributed by atoms with E-state index in [0.29, 0.717) is 0 Å². The molecule has 0 amide bonds. The van der Waals surface area contributed by atoms with E-state index in [2.05, 4.69) is 23.4 Å². The van der Waals surface area contributed by atoms with Crippen molar-refractivity contribution in [1.82, 2.24) is 5.48 Å². The second kappa shape index (κ2) is 6.26. The molecule has 0 spiro atoms. The smallest absolute Gasteiger partial charge is 0.0572 e. The Bertz CT molecular complexity index is 59.0. The molecular formula is C6H17NOSi. The van der Waals surface area contributed by atoms with Crippen LogP contribution in [0.2, 0.25) is 19.1 Å². The third kappa shape index (κ3) is 8.14. The maximum absolute atomic E-state index is 4.69. The van der Waals surface area contributed by atoms with E-state index in [-0.39, 0.29) is 8.80 Å². The van der Waals surface area contributed by atoms with Gasteiger partial charge in [-0.2, -0.15) is 0 Å². The van der Waals surface area contributed by atoms with Gasteiger partial charge in [0.05, 0.1) is 7.11 Å². The van der Waals surface area contributed by atoms with Crippen molar-refractivity contribution >= 4 is 8.80 Å². The monoisotopic (exact) mass is 147 g/mol. The van der Waals surface area contributed by atoms with Crippen molar-refractivity contribution < 1.29 is 4.84 Å². The van der Waals surface area contributed by atoms with Crippen LogP contribution in [0.25, 0.3) is 0 Å². The van der Waals surface area contributed by atoms with Gasteiger partial charge in [0.1, 0.15) is 0 Å². The molecule has 0 fully saturated rings. The Morgan fingerprint density at radius 1 is 1.44 bits per heavy atom. The van der Waals surface area contributed by atoms with Crippen molar-refractivity contribution in [1.29, 1.82) is 0 Å². The molecule has 0 aliphatic rings. The molecule has 0 aromatic rings. The maximum atomic E-state index is 4.69. The number of nitrogens with one attached hydrogen (secondary N) is 1. The summed E-state index contributed by atoms with van der Waals surface area (Å²) < 4.78 is 0. The fraction of sp³-hybridized carbons (Fsp3) is 1.00. The van der Waals surface area contributed by atoms with Gasteiger partial charge >= 0.3 is 0 Å². The van der Waals surface area contributed by atoms with Gasteiger partial charge in [0.15, 0.2) is 0 Å². The van der Waals surface area contributed by atoms with Crippen LogP contribution in [-0.2, 0) is 4.84 Å². The summed E-state index contributed by atoms with van der Waals surface area (Å²) in [5.74, 6) is 0. The maximum Gasteiger partial charge on any atom is 0.0572 e. The molecule has 0 unspecified atom stereocenters. The standard InChI is InChI=1S/C6H17NOSi/c1-8-7-5-4-6-9(2)3/h7,9H,4-6H2,1-3H3. The highest BCUT2D eigenvalue weighted by atomic mass is 28.3. The molecule has 56 valence electrons. The van der Waals surface area contributed by atoms with E-state index in [1.807, 2.05) is 0 Å². The third-order valence-corrected chi connectivity index (χ3v) is 2.77. The lowest BCUT2D eigenvalue weighted by molar-refractivity contribution is 0.0920. The Hall–Kier alpha value is 0.137. The van der Waals surface area contributed by atoms with Crippen LogP contribution in [0.3, 0.4) is 0 Å². The van der Waals surface area contributed by atoms with Crippen molar-refractivity contribution in [3.8, 4) is 0 Å². The van der Waals surface area contributed by atoms with Gasteiger partial charge in [0.25, 0.3) is 0 Å². The van der Waals surface area contributed by atoms with Crippen molar-refractivity contribution in [3.05, 3.63) is 0 Å². The lowest BCUT2D eigenvalue weighted by atomic mass is 10.5. The average Bonchev–Trinajstić information content (AvgIpc) is 1.80. The minimum atomic E-state index is -0.309. The summed E-state index contributed by atoms with van der Waals surface area (Å²) in [4.78, 5) is 4.69. The van der Waals surface area contributed by atoms with Crippen molar-refractivity contribution in [2.75, 3.05) is 13.7 Å². The zero-order valence-corrected chi connectivity index (χ0v) is 7.76. The summed E-state index contributed by atoms with van der Waals surface area (Å²) in [5.41, 5.74) is 2.83. The highest BCUT2D eigenvalue weighted by molar-refractivity contribution is 6.55. The lowest BCUT2D eigenvalue weighted by Crippen LogP contribution is -2.14. The fourth-order valence-electron chi connectivity index (χ4n) is 0.685. The van der Waals surface area contributed by atoms with E-state index in [9.17, 15) is 0 Å². The first-order valence-corrected chi connectivity index (χ1v) is 6.65. The first kappa shape index (κ1) is 9.14. The Kier molecular flexibility index (Phi) is 6.35. The van der Waals surface area contributed by atoms with Gasteiger partial charge in [-0.25, -0.2) is 5.48 Å². The summed E-state index contributed by atoms with van der Waals surface area (Å²) in [6, 6.07) is 1.41. The van der Waals surface area contributed by atoms with E-state index in [0.717, 1.165) is 6.54 Å². The molecule has 9 heavy (non-hydrogen) atoms. The van der Waals surface area contributed by atoms with Crippen LogP contribution in [0, 0.1) is 0 Å². The van der Waals surface area contributed by atoms with Crippen LogP contribution in [0.15, 0.2) is 0 Å². The molecular weight excluding hydrogens is 130 g/mol. The number of hydroxylamine groups is 1. The van der Waals surface area contributed by atoms with Crippen LogP contribution in [0.5, 0.6) is 0 Å². The molecule has 0 aromatic carbocycles.